The number of aromatic nitrogens is 1. The summed E-state index contributed by atoms with van der Waals surface area (Å²) in [5, 5.41) is 8.57. The van der Waals surface area contributed by atoms with Gasteiger partial charge in [0.2, 0.25) is 5.95 Å². The van der Waals surface area contributed by atoms with Crippen molar-refractivity contribution in [1.29, 1.82) is 0 Å². The second-order valence-corrected chi connectivity index (χ2v) is 3.04. The first-order chi connectivity index (χ1) is 6.50. The highest BCUT2D eigenvalue weighted by Gasteiger charge is 2.15. The van der Waals surface area contributed by atoms with E-state index in [0.29, 0.717) is 0 Å². The second-order valence-electron chi connectivity index (χ2n) is 3.04. The van der Waals surface area contributed by atoms with E-state index in [1.807, 2.05) is 0 Å². The van der Waals surface area contributed by atoms with Crippen molar-refractivity contribution in [2.45, 2.75) is 13.3 Å². The SMILES string of the molecule is C[C@@H](Cc1cc(F)ncc1F)C(=O)O. The number of nitrogens with zero attached hydrogens (tertiary/aromatic N) is 1. The molecule has 0 spiro atoms. The highest BCUT2D eigenvalue weighted by atomic mass is 19.1. The van der Waals surface area contributed by atoms with Crippen molar-refractivity contribution < 1.29 is 18.7 Å². The molecule has 1 N–H and O–H groups in total. The minimum absolute atomic E-state index is 0.0346. The first kappa shape index (κ1) is 10.6. The molecule has 76 valence electrons. The first-order valence-electron chi connectivity index (χ1n) is 4.03. The average Bonchev–Trinajstić information content (AvgIpc) is 2.11. The largest absolute Gasteiger partial charge is 0.481 e. The van der Waals surface area contributed by atoms with Gasteiger partial charge in [-0.1, -0.05) is 6.92 Å². The minimum Gasteiger partial charge on any atom is -0.481 e. The van der Waals surface area contributed by atoms with Gasteiger partial charge >= 0.3 is 5.97 Å². The molecule has 1 aromatic rings. The van der Waals surface area contributed by atoms with E-state index in [0.717, 1.165) is 12.3 Å². The maximum atomic E-state index is 13.0. The van der Waals surface area contributed by atoms with Crippen LogP contribution in [0.1, 0.15) is 12.5 Å². The molecular weight excluding hydrogens is 192 g/mol. The molecule has 5 heteroatoms. The molecule has 0 amide bonds. The Kier molecular flexibility index (Phi) is 3.11. The molecule has 14 heavy (non-hydrogen) atoms. The fourth-order valence-corrected chi connectivity index (χ4v) is 1.02. The van der Waals surface area contributed by atoms with Crippen molar-refractivity contribution in [1.82, 2.24) is 4.98 Å². The quantitative estimate of drug-likeness (QED) is 0.756. The van der Waals surface area contributed by atoms with Crippen LogP contribution >= 0.6 is 0 Å². The molecule has 0 radical (unpaired) electrons. The summed E-state index contributed by atoms with van der Waals surface area (Å²) in [7, 11) is 0. The molecule has 0 saturated carbocycles. The van der Waals surface area contributed by atoms with Crippen LogP contribution in [-0.4, -0.2) is 16.1 Å². The summed E-state index contributed by atoms with van der Waals surface area (Å²) in [6, 6.07) is 0.911. The van der Waals surface area contributed by atoms with Crippen molar-refractivity contribution in [3.8, 4) is 0 Å². The summed E-state index contributed by atoms with van der Waals surface area (Å²) in [6.45, 7) is 1.43. The third-order valence-electron chi connectivity index (χ3n) is 1.85. The molecule has 1 aromatic heterocycles. The van der Waals surface area contributed by atoms with E-state index in [4.69, 9.17) is 5.11 Å². The third kappa shape index (κ3) is 2.48. The van der Waals surface area contributed by atoms with Gasteiger partial charge in [0.25, 0.3) is 0 Å². The molecule has 3 nitrogen and oxygen atoms in total. The summed E-state index contributed by atoms with van der Waals surface area (Å²) in [5.74, 6) is -3.27. The maximum Gasteiger partial charge on any atom is 0.306 e. The lowest BCUT2D eigenvalue weighted by Gasteiger charge is -2.06. The van der Waals surface area contributed by atoms with Crippen molar-refractivity contribution in [3.05, 3.63) is 29.6 Å². The lowest BCUT2D eigenvalue weighted by molar-refractivity contribution is -0.141. The number of halogens is 2. The Hall–Kier alpha value is -1.52. The smallest absolute Gasteiger partial charge is 0.306 e. The van der Waals surface area contributed by atoms with E-state index >= 15 is 0 Å². The van der Waals surface area contributed by atoms with Crippen LogP contribution in [0.4, 0.5) is 8.78 Å². The number of hydrogen-bond donors (Lipinski definition) is 1. The van der Waals surface area contributed by atoms with Gasteiger partial charge in [-0.2, -0.15) is 4.39 Å². The first-order valence-corrected chi connectivity index (χ1v) is 4.03. The van der Waals surface area contributed by atoms with Crippen LogP contribution in [0.25, 0.3) is 0 Å². The predicted octanol–water partition coefficient (Wildman–Crippen LogP) is 1.62. The molecule has 0 aliphatic carbocycles. The van der Waals surface area contributed by atoms with E-state index in [1.54, 1.807) is 0 Å². The Morgan fingerprint density at radius 3 is 2.86 bits per heavy atom. The lowest BCUT2D eigenvalue weighted by atomic mass is 10.0. The van der Waals surface area contributed by atoms with Gasteiger partial charge in [-0.15, -0.1) is 0 Å². The van der Waals surface area contributed by atoms with Crippen LogP contribution in [0.5, 0.6) is 0 Å². The monoisotopic (exact) mass is 201 g/mol. The van der Waals surface area contributed by atoms with Crippen LogP contribution in [-0.2, 0) is 11.2 Å². The van der Waals surface area contributed by atoms with Crippen LogP contribution in [0, 0.1) is 17.7 Å². The standard InChI is InChI=1S/C9H9F2NO2/c1-5(9(13)14)2-6-3-8(11)12-4-7(6)10/h3-5H,2H2,1H3,(H,13,14)/t5-/m0/s1. The molecule has 0 bridgehead atoms. The highest BCUT2D eigenvalue weighted by Crippen LogP contribution is 2.12. The van der Waals surface area contributed by atoms with Gasteiger partial charge in [0.15, 0.2) is 0 Å². The molecule has 0 aromatic carbocycles. The molecule has 1 atom stereocenters. The number of rotatable bonds is 3. The normalized spacial score (nSPS) is 12.5. The maximum absolute atomic E-state index is 13.0. The van der Waals surface area contributed by atoms with Crippen molar-refractivity contribution in [2.24, 2.45) is 5.92 Å². The summed E-state index contributed by atoms with van der Waals surface area (Å²) >= 11 is 0. The summed E-state index contributed by atoms with van der Waals surface area (Å²) in [5.41, 5.74) is 0.0346. The van der Waals surface area contributed by atoms with E-state index in [9.17, 15) is 13.6 Å². The Bertz CT molecular complexity index is 355. The third-order valence-corrected chi connectivity index (χ3v) is 1.85. The molecular formula is C9H9F2NO2. The zero-order valence-electron chi connectivity index (χ0n) is 7.50. The fraction of sp³-hybridized carbons (Fsp3) is 0.333. The Morgan fingerprint density at radius 1 is 1.64 bits per heavy atom. The molecule has 1 rings (SSSR count). The van der Waals surface area contributed by atoms with Crippen molar-refractivity contribution in [2.75, 3.05) is 0 Å². The van der Waals surface area contributed by atoms with E-state index in [-0.39, 0.29) is 12.0 Å². The van der Waals surface area contributed by atoms with Gasteiger partial charge in [0.05, 0.1) is 12.1 Å². The predicted molar refractivity (Wildman–Crippen MR) is 44.7 cm³/mol. The van der Waals surface area contributed by atoms with Crippen LogP contribution in [0.2, 0.25) is 0 Å². The molecule has 0 saturated heterocycles. The summed E-state index contributed by atoms with van der Waals surface area (Å²) in [4.78, 5) is 13.6. The van der Waals surface area contributed by atoms with Crippen LogP contribution in [0.3, 0.4) is 0 Å². The summed E-state index contributed by atoms with van der Waals surface area (Å²) < 4.78 is 25.5. The number of carboxylic acid groups (broad SMARTS) is 1. The van der Waals surface area contributed by atoms with Crippen LogP contribution < -0.4 is 0 Å². The van der Waals surface area contributed by atoms with Gasteiger partial charge in [-0.05, 0) is 18.1 Å². The average molecular weight is 201 g/mol. The fourth-order valence-electron chi connectivity index (χ4n) is 1.02. The van der Waals surface area contributed by atoms with E-state index in [1.165, 1.54) is 6.92 Å². The number of hydrogen-bond acceptors (Lipinski definition) is 2. The lowest BCUT2D eigenvalue weighted by Crippen LogP contribution is -2.13. The van der Waals surface area contributed by atoms with Gasteiger partial charge < -0.3 is 5.11 Å². The zero-order valence-corrected chi connectivity index (χ0v) is 7.50. The molecule has 0 aliphatic rings. The van der Waals surface area contributed by atoms with Gasteiger partial charge in [0.1, 0.15) is 5.82 Å². The number of aliphatic carboxylic acids is 1. The molecule has 0 unspecified atom stereocenters. The van der Waals surface area contributed by atoms with Gasteiger partial charge in [-0.3, -0.25) is 4.79 Å². The number of pyridine rings is 1. The molecule has 0 aliphatic heterocycles. The highest BCUT2D eigenvalue weighted by molar-refractivity contribution is 5.69. The van der Waals surface area contributed by atoms with Crippen LogP contribution in [0.15, 0.2) is 12.3 Å². The number of carboxylic acids is 1. The minimum atomic E-state index is -1.04. The Morgan fingerprint density at radius 2 is 2.29 bits per heavy atom. The van der Waals surface area contributed by atoms with Gasteiger partial charge in [-0.25, -0.2) is 9.37 Å². The Balaban J connectivity index is 2.85. The van der Waals surface area contributed by atoms with Crippen molar-refractivity contribution >= 4 is 5.97 Å². The Labute approximate surface area is 79.4 Å². The zero-order chi connectivity index (χ0) is 10.7. The van der Waals surface area contributed by atoms with E-state index < -0.39 is 23.7 Å². The topological polar surface area (TPSA) is 50.2 Å². The molecule has 1 heterocycles. The molecule has 0 fully saturated rings. The van der Waals surface area contributed by atoms with Gasteiger partial charge in [0, 0.05) is 0 Å². The number of carbonyl (C=O) groups is 1. The second kappa shape index (κ2) is 4.13. The van der Waals surface area contributed by atoms with E-state index in [2.05, 4.69) is 4.98 Å². The summed E-state index contributed by atoms with van der Waals surface area (Å²) in [6.07, 6.45) is 0.708. The van der Waals surface area contributed by atoms with Crippen molar-refractivity contribution in [3.63, 3.8) is 0 Å².